The Labute approximate surface area is 171 Å². The predicted molar refractivity (Wildman–Crippen MR) is 108 cm³/mol. The van der Waals surface area contributed by atoms with E-state index in [-0.39, 0.29) is 17.5 Å². The number of anilines is 1. The number of hydrogen-bond donors (Lipinski definition) is 1. The lowest BCUT2D eigenvalue weighted by Gasteiger charge is -2.05. The zero-order valence-corrected chi connectivity index (χ0v) is 16.6. The minimum atomic E-state index is -0.322. The number of rotatable bonds is 5. The number of fused-ring (bicyclic) bond motifs is 1. The molecule has 0 unspecified atom stereocenters. The van der Waals surface area contributed by atoms with Crippen molar-refractivity contribution >= 4 is 50.5 Å². The largest absolute Gasteiger partial charge is 0.310 e. The van der Waals surface area contributed by atoms with Crippen LogP contribution < -0.4 is 5.32 Å². The Morgan fingerprint density at radius 3 is 2.68 bits per heavy atom. The first-order valence-electron chi connectivity index (χ1n) is 8.09. The van der Waals surface area contributed by atoms with Crippen LogP contribution >= 0.6 is 27.7 Å². The van der Waals surface area contributed by atoms with Crippen molar-refractivity contribution in [1.82, 2.24) is 24.7 Å². The molecule has 4 rings (SSSR count). The first-order valence-corrected chi connectivity index (χ1v) is 9.87. The smallest absolute Gasteiger partial charge is 0.235 e. The Bertz CT molecular complexity index is 1130. The molecule has 140 valence electrons. The van der Waals surface area contributed by atoms with Crippen LogP contribution in [0.25, 0.3) is 16.7 Å². The predicted octanol–water partition coefficient (Wildman–Crippen LogP) is 3.84. The highest BCUT2D eigenvalue weighted by molar-refractivity contribution is 9.10. The molecule has 0 bridgehead atoms. The molecule has 1 aromatic carbocycles. The van der Waals surface area contributed by atoms with Gasteiger partial charge in [-0.15, -0.1) is 0 Å². The fourth-order valence-electron chi connectivity index (χ4n) is 2.47. The number of carbonyl (C=O) groups excluding carboxylic acids is 1. The summed E-state index contributed by atoms with van der Waals surface area (Å²) in [5.74, 6) is 0.117. The zero-order valence-electron chi connectivity index (χ0n) is 14.2. The van der Waals surface area contributed by atoms with Gasteiger partial charge in [-0.3, -0.25) is 4.79 Å². The Morgan fingerprint density at radius 2 is 1.93 bits per heavy atom. The maximum atomic E-state index is 13.2. The van der Waals surface area contributed by atoms with Crippen LogP contribution in [0.1, 0.15) is 0 Å². The topological polar surface area (TPSA) is 85.6 Å². The van der Waals surface area contributed by atoms with Gasteiger partial charge in [0.25, 0.3) is 0 Å². The number of amides is 1. The van der Waals surface area contributed by atoms with E-state index in [1.165, 1.54) is 30.2 Å². The molecular formula is C18H12BrFN6OS. The second-order valence-corrected chi connectivity index (χ2v) is 7.53. The number of nitrogens with one attached hydrogen (secondary N) is 1. The normalized spacial score (nSPS) is 10.9. The van der Waals surface area contributed by atoms with E-state index >= 15 is 0 Å². The SMILES string of the molecule is O=C(CSc1ncnc2c1cnn2-c1ccc(F)cc1)Nc1ccc(Br)cn1. The van der Waals surface area contributed by atoms with Crippen LogP contribution in [0, 0.1) is 5.82 Å². The molecule has 1 amide bonds. The standard InChI is InChI=1S/C18H12BrFN6OS/c19-11-1-6-15(21-7-11)25-16(27)9-28-18-14-8-24-26(17(14)22-10-23-18)13-4-2-12(20)3-5-13/h1-8,10H,9H2,(H,21,25,27). The summed E-state index contributed by atoms with van der Waals surface area (Å²) in [5.41, 5.74) is 1.27. The first kappa shape index (κ1) is 18.5. The van der Waals surface area contributed by atoms with Crippen LogP contribution in [0.2, 0.25) is 0 Å². The summed E-state index contributed by atoms with van der Waals surface area (Å²) in [6, 6.07) is 9.47. The minimum Gasteiger partial charge on any atom is -0.310 e. The number of halogens is 2. The molecule has 7 nitrogen and oxygen atoms in total. The molecule has 0 aliphatic heterocycles. The van der Waals surface area contributed by atoms with Crippen molar-refractivity contribution in [2.45, 2.75) is 5.03 Å². The second-order valence-electron chi connectivity index (χ2n) is 5.65. The van der Waals surface area contributed by atoms with E-state index in [9.17, 15) is 9.18 Å². The fourth-order valence-corrected chi connectivity index (χ4v) is 3.47. The quantitative estimate of drug-likeness (QED) is 0.361. The van der Waals surface area contributed by atoms with Crippen LogP contribution in [0.15, 0.2) is 64.6 Å². The van der Waals surface area contributed by atoms with Gasteiger partial charge in [0.05, 0.1) is 23.0 Å². The van der Waals surface area contributed by atoms with Gasteiger partial charge >= 0.3 is 0 Å². The highest BCUT2D eigenvalue weighted by Gasteiger charge is 2.13. The van der Waals surface area contributed by atoms with Gasteiger partial charge in [-0.1, -0.05) is 11.8 Å². The van der Waals surface area contributed by atoms with E-state index in [2.05, 4.69) is 41.3 Å². The maximum absolute atomic E-state index is 13.2. The van der Waals surface area contributed by atoms with Crippen molar-refractivity contribution in [1.29, 1.82) is 0 Å². The highest BCUT2D eigenvalue weighted by Crippen LogP contribution is 2.26. The van der Waals surface area contributed by atoms with E-state index in [0.29, 0.717) is 27.6 Å². The first-order chi connectivity index (χ1) is 13.6. The van der Waals surface area contributed by atoms with Crippen molar-refractivity contribution in [2.75, 3.05) is 11.1 Å². The van der Waals surface area contributed by atoms with Gasteiger partial charge in [-0.25, -0.2) is 24.0 Å². The van der Waals surface area contributed by atoms with E-state index in [1.807, 2.05) is 0 Å². The van der Waals surface area contributed by atoms with Gasteiger partial charge in [0.1, 0.15) is 23.0 Å². The lowest BCUT2D eigenvalue weighted by molar-refractivity contribution is -0.113. The molecule has 4 aromatic rings. The molecule has 0 fully saturated rings. The van der Waals surface area contributed by atoms with Crippen molar-refractivity contribution < 1.29 is 9.18 Å². The third kappa shape index (κ3) is 4.02. The Hall–Kier alpha value is -2.85. The Balaban J connectivity index is 1.50. The lowest BCUT2D eigenvalue weighted by Crippen LogP contribution is -2.15. The monoisotopic (exact) mass is 458 g/mol. The van der Waals surface area contributed by atoms with Gasteiger partial charge in [-0.05, 0) is 52.3 Å². The molecule has 3 aromatic heterocycles. The Kier molecular flexibility index (Phi) is 5.31. The van der Waals surface area contributed by atoms with Gasteiger partial charge in [0.2, 0.25) is 5.91 Å². The molecular weight excluding hydrogens is 447 g/mol. The zero-order chi connectivity index (χ0) is 19.5. The van der Waals surface area contributed by atoms with Crippen LogP contribution in [0.5, 0.6) is 0 Å². The van der Waals surface area contributed by atoms with Crippen LogP contribution in [0.4, 0.5) is 10.2 Å². The molecule has 0 aliphatic rings. The van der Waals surface area contributed by atoms with E-state index in [1.54, 1.807) is 41.3 Å². The molecule has 0 saturated carbocycles. The average molecular weight is 459 g/mol. The van der Waals surface area contributed by atoms with Crippen molar-refractivity contribution in [3.05, 3.63) is 65.4 Å². The summed E-state index contributed by atoms with van der Waals surface area (Å²) in [6.07, 6.45) is 4.66. The molecule has 0 atom stereocenters. The summed E-state index contributed by atoms with van der Waals surface area (Å²) >= 11 is 4.58. The summed E-state index contributed by atoms with van der Waals surface area (Å²) in [6.45, 7) is 0. The molecule has 0 aliphatic carbocycles. The molecule has 28 heavy (non-hydrogen) atoms. The minimum absolute atomic E-state index is 0.158. The number of hydrogen-bond acceptors (Lipinski definition) is 6. The van der Waals surface area contributed by atoms with Gasteiger partial charge < -0.3 is 5.32 Å². The fraction of sp³-hybridized carbons (Fsp3) is 0.0556. The molecule has 0 spiro atoms. The number of carbonyl (C=O) groups is 1. The van der Waals surface area contributed by atoms with Crippen molar-refractivity contribution in [2.24, 2.45) is 0 Å². The van der Waals surface area contributed by atoms with E-state index < -0.39 is 0 Å². The van der Waals surface area contributed by atoms with Crippen molar-refractivity contribution in [3.63, 3.8) is 0 Å². The highest BCUT2D eigenvalue weighted by atomic mass is 79.9. The third-order valence-electron chi connectivity index (χ3n) is 3.74. The van der Waals surface area contributed by atoms with Gasteiger partial charge in [0.15, 0.2) is 5.65 Å². The molecule has 1 N–H and O–H groups in total. The number of pyridine rings is 1. The lowest BCUT2D eigenvalue weighted by atomic mass is 10.3. The number of nitrogens with zero attached hydrogens (tertiary/aromatic N) is 5. The molecule has 0 radical (unpaired) electrons. The van der Waals surface area contributed by atoms with Crippen molar-refractivity contribution in [3.8, 4) is 5.69 Å². The van der Waals surface area contributed by atoms with Gasteiger partial charge in [0, 0.05) is 10.7 Å². The number of benzene rings is 1. The summed E-state index contributed by atoms with van der Waals surface area (Å²) < 4.78 is 15.6. The average Bonchev–Trinajstić information content (AvgIpc) is 3.13. The van der Waals surface area contributed by atoms with Crippen LogP contribution in [-0.2, 0) is 4.79 Å². The van der Waals surface area contributed by atoms with E-state index in [0.717, 1.165) is 4.47 Å². The van der Waals surface area contributed by atoms with E-state index in [4.69, 9.17) is 0 Å². The number of aromatic nitrogens is 5. The summed E-state index contributed by atoms with van der Waals surface area (Å²) in [5, 5.41) is 8.41. The van der Waals surface area contributed by atoms with Gasteiger partial charge in [-0.2, -0.15) is 5.10 Å². The molecule has 0 saturated heterocycles. The summed E-state index contributed by atoms with van der Waals surface area (Å²) in [7, 11) is 0. The maximum Gasteiger partial charge on any atom is 0.235 e. The van der Waals surface area contributed by atoms with Crippen LogP contribution in [0.3, 0.4) is 0 Å². The second kappa shape index (κ2) is 8.03. The Morgan fingerprint density at radius 1 is 1.11 bits per heavy atom. The number of thioether (sulfide) groups is 1. The third-order valence-corrected chi connectivity index (χ3v) is 5.21. The van der Waals surface area contributed by atoms with Crippen LogP contribution in [-0.4, -0.2) is 36.4 Å². The molecule has 3 heterocycles. The summed E-state index contributed by atoms with van der Waals surface area (Å²) in [4.78, 5) is 24.8. The molecule has 10 heteroatoms.